The molecule has 1 saturated heterocycles. The summed E-state index contributed by atoms with van der Waals surface area (Å²) in [6, 6.07) is 1.04. The standard InChI is InChI=1S/C13H16F3N3O4S.ClH/c1-8-4-5-17-7-11(8)18-24(22,23)12-3-2-9(19(20)21)6-10(12)13(14,15)16;/h2-3,6,8,11,17-18H,4-5,7H2,1H3;1H. The number of alkyl halides is 3. The molecule has 1 heterocycles. The number of hydrogen-bond acceptors (Lipinski definition) is 5. The van der Waals surface area contributed by atoms with Crippen LogP contribution in [-0.4, -0.2) is 32.5 Å². The smallest absolute Gasteiger partial charge is 0.315 e. The Bertz CT molecular complexity index is 743. The molecule has 1 aromatic rings. The second-order valence-corrected chi connectivity index (χ2v) is 7.32. The Morgan fingerprint density at radius 3 is 2.52 bits per heavy atom. The summed E-state index contributed by atoms with van der Waals surface area (Å²) in [5.41, 5.74) is -2.38. The molecule has 1 aliphatic rings. The maximum atomic E-state index is 13.2. The van der Waals surface area contributed by atoms with Crippen LogP contribution in [0.2, 0.25) is 0 Å². The Balaban J connectivity index is 0.00000312. The third kappa shape index (κ3) is 5.03. The third-order valence-electron chi connectivity index (χ3n) is 3.90. The molecule has 2 rings (SSSR count). The van der Waals surface area contributed by atoms with Gasteiger partial charge in [0, 0.05) is 24.7 Å². The number of nitro groups is 1. The molecule has 0 aromatic heterocycles. The van der Waals surface area contributed by atoms with E-state index < -0.39 is 43.3 Å². The fraction of sp³-hybridized carbons (Fsp3) is 0.538. The van der Waals surface area contributed by atoms with E-state index in [-0.39, 0.29) is 24.4 Å². The highest BCUT2D eigenvalue weighted by atomic mass is 35.5. The van der Waals surface area contributed by atoms with E-state index in [4.69, 9.17) is 0 Å². The lowest BCUT2D eigenvalue weighted by atomic mass is 9.96. The van der Waals surface area contributed by atoms with E-state index in [1.54, 1.807) is 6.92 Å². The fourth-order valence-corrected chi connectivity index (χ4v) is 4.05. The molecule has 0 saturated carbocycles. The number of sulfonamides is 1. The summed E-state index contributed by atoms with van der Waals surface area (Å²) in [4.78, 5) is 8.64. The lowest BCUT2D eigenvalue weighted by Gasteiger charge is -2.30. The first-order valence-corrected chi connectivity index (χ1v) is 8.59. The second-order valence-electron chi connectivity index (χ2n) is 5.63. The van der Waals surface area contributed by atoms with Crippen molar-refractivity contribution in [3.63, 3.8) is 0 Å². The van der Waals surface area contributed by atoms with Crippen LogP contribution >= 0.6 is 12.4 Å². The number of piperidine rings is 1. The third-order valence-corrected chi connectivity index (χ3v) is 5.45. The van der Waals surface area contributed by atoms with Gasteiger partial charge in [0.2, 0.25) is 10.0 Å². The lowest BCUT2D eigenvalue weighted by molar-refractivity contribution is -0.385. The molecule has 7 nitrogen and oxygen atoms in total. The molecule has 12 heteroatoms. The lowest BCUT2D eigenvalue weighted by Crippen LogP contribution is -2.50. The molecule has 1 fully saturated rings. The normalized spacial score (nSPS) is 21.4. The molecular formula is C13H17ClF3N3O4S. The van der Waals surface area contributed by atoms with Gasteiger partial charge in [-0.3, -0.25) is 10.1 Å². The van der Waals surface area contributed by atoms with Crippen molar-refractivity contribution in [2.45, 2.75) is 30.5 Å². The van der Waals surface area contributed by atoms with Crippen molar-refractivity contribution in [3.8, 4) is 0 Å². The zero-order valence-corrected chi connectivity index (χ0v) is 14.7. The molecule has 1 aromatic carbocycles. The minimum absolute atomic E-state index is 0. The first-order valence-electron chi connectivity index (χ1n) is 7.11. The topological polar surface area (TPSA) is 101 Å². The highest BCUT2D eigenvalue weighted by Gasteiger charge is 2.39. The van der Waals surface area contributed by atoms with Gasteiger partial charge in [-0.15, -0.1) is 12.4 Å². The molecule has 2 unspecified atom stereocenters. The number of nitro benzene ring substituents is 1. The largest absolute Gasteiger partial charge is 0.417 e. The van der Waals surface area contributed by atoms with Crippen molar-refractivity contribution in [3.05, 3.63) is 33.9 Å². The van der Waals surface area contributed by atoms with Gasteiger partial charge >= 0.3 is 6.18 Å². The zero-order valence-electron chi connectivity index (χ0n) is 13.0. The molecule has 0 spiro atoms. The van der Waals surface area contributed by atoms with E-state index in [1.807, 2.05) is 0 Å². The fourth-order valence-electron chi connectivity index (χ4n) is 2.50. The van der Waals surface area contributed by atoms with Crippen LogP contribution in [0, 0.1) is 16.0 Å². The minimum atomic E-state index is -5.04. The Hall–Kier alpha value is -1.43. The molecule has 0 aliphatic carbocycles. The first-order chi connectivity index (χ1) is 11.0. The zero-order chi connectivity index (χ0) is 18.1. The number of nitrogens with zero attached hydrogens (tertiary/aromatic N) is 1. The summed E-state index contributed by atoms with van der Waals surface area (Å²) in [5, 5.41) is 13.6. The van der Waals surface area contributed by atoms with Gasteiger partial charge in [0.05, 0.1) is 15.4 Å². The van der Waals surface area contributed by atoms with Crippen molar-refractivity contribution < 1.29 is 26.5 Å². The van der Waals surface area contributed by atoms with Gasteiger partial charge in [0.15, 0.2) is 0 Å². The Morgan fingerprint density at radius 1 is 1.36 bits per heavy atom. The second kappa shape index (κ2) is 7.85. The van der Waals surface area contributed by atoms with Crippen LogP contribution in [0.5, 0.6) is 0 Å². The van der Waals surface area contributed by atoms with Crippen molar-refractivity contribution in [2.24, 2.45) is 5.92 Å². The summed E-state index contributed by atoms with van der Waals surface area (Å²) in [5.74, 6) is -0.0478. The summed E-state index contributed by atoms with van der Waals surface area (Å²) < 4.78 is 66.5. The summed E-state index contributed by atoms with van der Waals surface area (Å²) in [6.07, 6.45) is -4.36. The molecule has 0 bridgehead atoms. The van der Waals surface area contributed by atoms with Gasteiger partial charge in [-0.1, -0.05) is 6.92 Å². The van der Waals surface area contributed by atoms with E-state index >= 15 is 0 Å². The molecule has 2 N–H and O–H groups in total. The number of nitrogens with one attached hydrogen (secondary N) is 2. The molecule has 25 heavy (non-hydrogen) atoms. The molecule has 2 atom stereocenters. The van der Waals surface area contributed by atoms with Gasteiger partial charge in [-0.05, 0) is 24.9 Å². The first kappa shape index (κ1) is 21.6. The van der Waals surface area contributed by atoms with Crippen molar-refractivity contribution in [1.82, 2.24) is 10.0 Å². The average molecular weight is 404 g/mol. The Morgan fingerprint density at radius 2 is 2.00 bits per heavy atom. The van der Waals surface area contributed by atoms with Crippen LogP contribution in [0.1, 0.15) is 18.9 Å². The summed E-state index contributed by atoms with van der Waals surface area (Å²) in [6.45, 7) is 2.80. The molecule has 0 radical (unpaired) electrons. The number of rotatable bonds is 4. The summed E-state index contributed by atoms with van der Waals surface area (Å²) in [7, 11) is -4.48. The minimum Gasteiger partial charge on any atom is -0.315 e. The van der Waals surface area contributed by atoms with Gasteiger partial charge < -0.3 is 5.32 Å². The van der Waals surface area contributed by atoms with Crippen molar-refractivity contribution in [1.29, 1.82) is 0 Å². The van der Waals surface area contributed by atoms with Crippen molar-refractivity contribution >= 4 is 28.1 Å². The average Bonchev–Trinajstić information content (AvgIpc) is 2.48. The monoisotopic (exact) mass is 403 g/mol. The number of benzene rings is 1. The van der Waals surface area contributed by atoms with E-state index in [0.29, 0.717) is 25.6 Å². The molecule has 1 aliphatic heterocycles. The quantitative estimate of drug-likeness (QED) is 0.593. The Kier molecular flexibility index (Phi) is 6.79. The van der Waals surface area contributed by atoms with Crippen LogP contribution in [0.4, 0.5) is 18.9 Å². The van der Waals surface area contributed by atoms with E-state index in [9.17, 15) is 31.7 Å². The van der Waals surface area contributed by atoms with Gasteiger partial charge in [-0.2, -0.15) is 13.2 Å². The number of non-ortho nitro benzene ring substituents is 1. The van der Waals surface area contributed by atoms with Crippen molar-refractivity contribution in [2.75, 3.05) is 13.1 Å². The SMILES string of the molecule is CC1CCNCC1NS(=O)(=O)c1ccc([N+](=O)[O-])cc1C(F)(F)F.Cl. The summed E-state index contributed by atoms with van der Waals surface area (Å²) >= 11 is 0. The van der Waals surface area contributed by atoms with Crippen LogP contribution in [0.3, 0.4) is 0 Å². The van der Waals surface area contributed by atoms with E-state index in [2.05, 4.69) is 10.0 Å². The maximum Gasteiger partial charge on any atom is 0.417 e. The van der Waals surface area contributed by atoms with Crippen LogP contribution in [0.15, 0.2) is 23.1 Å². The van der Waals surface area contributed by atoms with Gasteiger partial charge in [0.1, 0.15) is 0 Å². The predicted octanol–water partition coefficient (Wildman–Crippen LogP) is 2.31. The van der Waals surface area contributed by atoms with Crippen LogP contribution in [-0.2, 0) is 16.2 Å². The number of hydrogen-bond donors (Lipinski definition) is 2. The Labute approximate surface area is 148 Å². The molecule has 0 amide bonds. The molecule has 142 valence electrons. The number of halogens is 4. The van der Waals surface area contributed by atoms with Crippen LogP contribution in [0.25, 0.3) is 0 Å². The van der Waals surface area contributed by atoms with Gasteiger partial charge in [0.25, 0.3) is 5.69 Å². The van der Waals surface area contributed by atoms with E-state index in [0.717, 1.165) is 6.07 Å². The maximum absolute atomic E-state index is 13.2. The van der Waals surface area contributed by atoms with Crippen LogP contribution < -0.4 is 10.0 Å². The van der Waals surface area contributed by atoms with Gasteiger partial charge in [-0.25, -0.2) is 13.1 Å². The predicted molar refractivity (Wildman–Crippen MR) is 86.1 cm³/mol. The highest BCUT2D eigenvalue weighted by Crippen LogP contribution is 2.36. The molecular weight excluding hydrogens is 387 g/mol. The van der Waals surface area contributed by atoms with E-state index in [1.165, 1.54) is 0 Å². The highest BCUT2D eigenvalue weighted by molar-refractivity contribution is 7.89.